The fourth-order valence-corrected chi connectivity index (χ4v) is 2.53. The van der Waals surface area contributed by atoms with E-state index in [0.29, 0.717) is 22.8 Å². The molecule has 0 bridgehead atoms. The Morgan fingerprint density at radius 2 is 1.76 bits per heavy atom. The lowest BCUT2D eigenvalue weighted by Gasteiger charge is -2.18. The monoisotopic (exact) mass is 295 g/mol. The van der Waals surface area contributed by atoms with Crippen LogP contribution >= 0.6 is 0 Å². The molecule has 114 valence electrons. The Labute approximate surface area is 121 Å². The highest BCUT2D eigenvalue weighted by atomic mass is 16.5. The Hall–Kier alpha value is -2.44. The summed E-state index contributed by atoms with van der Waals surface area (Å²) in [6.45, 7) is 0.258. The molecule has 1 saturated heterocycles. The molecule has 1 aliphatic rings. The largest absolute Gasteiger partial charge is 0.493 e. The zero-order chi connectivity index (χ0) is 15.6. The summed E-state index contributed by atoms with van der Waals surface area (Å²) >= 11 is 0. The van der Waals surface area contributed by atoms with Gasteiger partial charge in [-0.3, -0.25) is 9.59 Å². The molecule has 0 aromatic heterocycles. The third-order valence-corrected chi connectivity index (χ3v) is 3.56. The van der Waals surface area contributed by atoms with Crippen molar-refractivity contribution in [3.8, 4) is 17.2 Å². The van der Waals surface area contributed by atoms with Gasteiger partial charge in [0.15, 0.2) is 11.5 Å². The highest BCUT2D eigenvalue weighted by molar-refractivity contribution is 6.00. The van der Waals surface area contributed by atoms with Crippen LogP contribution in [-0.2, 0) is 9.59 Å². The number of methoxy groups -OCH3 is 3. The van der Waals surface area contributed by atoms with Gasteiger partial charge in [-0.25, -0.2) is 0 Å². The minimum atomic E-state index is -1.15. The van der Waals surface area contributed by atoms with Gasteiger partial charge in [-0.2, -0.15) is 0 Å². The van der Waals surface area contributed by atoms with Crippen LogP contribution in [0.3, 0.4) is 0 Å². The first kappa shape index (κ1) is 15.0. The van der Waals surface area contributed by atoms with E-state index in [2.05, 4.69) is 5.32 Å². The van der Waals surface area contributed by atoms with Gasteiger partial charge in [-0.1, -0.05) is 0 Å². The van der Waals surface area contributed by atoms with Crippen LogP contribution in [0.2, 0.25) is 0 Å². The Morgan fingerprint density at radius 3 is 2.19 bits per heavy atom. The summed E-state index contributed by atoms with van der Waals surface area (Å²) in [5, 5.41) is 11.8. The first-order valence-electron chi connectivity index (χ1n) is 6.33. The molecule has 7 heteroatoms. The smallest absolute Gasteiger partial charge is 0.316 e. The van der Waals surface area contributed by atoms with Crippen molar-refractivity contribution in [1.29, 1.82) is 0 Å². The van der Waals surface area contributed by atoms with Crippen LogP contribution in [0.5, 0.6) is 17.2 Å². The molecule has 0 saturated carbocycles. The molecule has 0 spiro atoms. The molecule has 2 atom stereocenters. The number of carbonyl (C=O) groups excluding carboxylic acids is 1. The molecule has 1 fully saturated rings. The van der Waals surface area contributed by atoms with Gasteiger partial charge in [-0.05, 0) is 17.7 Å². The maximum Gasteiger partial charge on any atom is 0.316 e. The van der Waals surface area contributed by atoms with Gasteiger partial charge >= 0.3 is 5.97 Å². The number of carbonyl (C=O) groups is 2. The van der Waals surface area contributed by atoms with E-state index in [-0.39, 0.29) is 6.54 Å². The highest BCUT2D eigenvalue weighted by Gasteiger charge is 2.41. The van der Waals surface area contributed by atoms with E-state index < -0.39 is 23.7 Å². The van der Waals surface area contributed by atoms with E-state index in [9.17, 15) is 14.7 Å². The number of ether oxygens (including phenoxy) is 3. The molecule has 1 amide bonds. The summed E-state index contributed by atoms with van der Waals surface area (Å²) < 4.78 is 15.7. The fraction of sp³-hybridized carbons (Fsp3) is 0.429. The molecule has 7 nitrogen and oxygen atoms in total. The summed E-state index contributed by atoms with van der Waals surface area (Å²) in [5.41, 5.74) is 0.648. The lowest BCUT2D eigenvalue weighted by Crippen LogP contribution is -2.26. The average molecular weight is 295 g/mol. The summed E-state index contributed by atoms with van der Waals surface area (Å²) in [7, 11) is 4.45. The van der Waals surface area contributed by atoms with Crippen molar-refractivity contribution in [3.05, 3.63) is 17.7 Å². The molecule has 21 heavy (non-hydrogen) atoms. The van der Waals surface area contributed by atoms with Crippen molar-refractivity contribution >= 4 is 11.9 Å². The van der Waals surface area contributed by atoms with Gasteiger partial charge in [0.1, 0.15) is 5.92 Å². The van der Waals surface area contributed by atoms with Crippen LogP contribution in [-0.4, -0.2) is 44.9 Å². The Bertz CT molecular complexity index is 546. The van der Waals surface area contributed by atoms with E-state index in [1.165, 1.54) is 21.3 Å². The van der Waals surface area contributed by atoms with Crippen LogP contribution in [0.15, 0.2) is 12.1 Å². The first-order valence-corrected chi connectivity index (χ1v) is 6.33. The van der Waals surface area contributed by atoms with Crippen LogP contribution in [0.25, 0.3) is 0 Å². The van der Waals surface area contributed by atoms with Crippen molar-refractivity contribution in [3.63, 3.8) is 0 Å². The van der Waals surface area contributed by atoms with Crippen molar-refractivity contribution in [2.24, 2.45) is 5.92 Å². The number of carboxylic acids is 1. The van der Waals surface area contributed by atoms with Crippen molar-refractivity contribution in [2.75, 3.05) is 27.9 Å². The number of aliphatic carboxylic acids is 1. The van der Waals surface area contributed by atoms with E-state index >= 15 is 0 Å². The van der Waals surface area contributed by atoms with Crippen LogP contribution < -0.4 is 19.5 Å². The Morgan fingerprint density at radius 1 is 1.19 bits per heavy atom. The molecule has 1 aromatic rings. The van der Waals surface area contributed by atoms with E-state index in [1.807, 2.05) is 0 Å². The van der Waals surface area contributed by atoms with Gasteiger partial charge in [0.05, 0.1) is 21.3 Å². The molecule has 1 aliphatic heterocycles. The number of hydrogen-bond acceptors (Lipinski definition) is 5. The molecule has 0 unspecified atom stereocenters. The van der Waals surface area contributed by atoms with E-state index in [0.717, 1.165) is 0 Å². The summed E-state index contributed by atoms with van der Waals surface area (Å²) in [5.74, 6) is -1.96. The molecular formula is C14H17NO6. The Kier molecular flexibility index (Phi) is 4.21. The maximum atomic E-state index is 11.7. The van der Waals surface area contributed by atoms with Gasteiger partial charge < -0.3 is 24.6 Å². The summed E-state index contributed by atoms with van der Waals surface area (Å²) in [6.07, 6.45) is 0. The van der Waals surface area contributed by atoms with Gasteiger partial charge in [0.25, 0.3) is 0 Å². The molecule has 2 N–H and O–H groups in total. The van der Waals surface area contributed by atoms with Crippen molar-refractivity contribution < 1.29 is 28.9 Å². The third-order valence-electron chi connectivity index (χ3n) is 3.56. The van der Waals surface area contributed by atoms with Crippen molar-refractivity contribution in [1.82, 2.24) is 5.32 Å². The highest BCUT2D eigenvalue weighted by Crippen LogP contribution is 2.42. The average Bonchev–Trinajstić information content (AvgIpc) is 2.87. The zero-order valence-corrected chi connectivity index (χ0v) is 12.0. The number of hydrogen-bond donors (Lipinski definition) is 2. The lowest BCUT2D eigenvalue weighted by molar-refractivity contribution is -0.145. The molecule has 2 rings (SSSR count). The second kappa shape index (κ2) is 5.90. The molecule has 0 radical (unpaired) electrons. The number of rotatable bonds is 5. The zero-order valence-electron chi connectivity index (χ0n) is 12.0. The molecule has 1 heterocycles. The Balaban J connectivity index is 2.49. The van der Waals surface area contributed by atoms with E-state index in [1.54, 1.807) is 12.1 Å². The van der Waals surface area contributed by atoms with Gasteiger partial charge in [0, 0.05) is 12.5 Å². The van der Waals surface area contributed by atoms with Crippen LogP contribution in [0.1, 0.15) is 11.5 Å². The molecule has 1 aromatic carbocycles. The second-order valence-corrected chi connectivity index (χ2v) is 4.63. The maximum absolute atomic E-state index is 11.7. The molecule has 0 aliphatic carbocycles. The topological polar surface area (TPSA) is 94.1 Å². The predicted molar refractivity (Wildman–Crippen MR) is 73.0 cm³/mol. The predicted octanol–water partition coefficient (Wildman–Crippen LogP) is 0.627. The standard InChI is InChI=1S/C14H17NO6/c1-19-9-4-7(5-10(20-2)12(9)21-3)8-6-15-13(16)11(8)14(17)18/h4-5,8,11H,6H2,1-3H3,(H,15,16)(H,17,18)/t8-,11-/m0/s1. The number of benzene rings is 1. The normalized spacial score (nSPS) is 20.8. The molecular weight excluding hydrogens is 278 g/mol. The first-order chi connectivity index (χ1) is 10.0. The van der Waals surface area contributed by atoms with Crippen molar-refractivity contribution in [2.45, 2.75) is 5.92 Å². The van der Waals surface area contributed by atoms with Crippen LogP contribution in [0, 0.1) is 5.92 Å². The quantitative estimate of drug-likeness (QED) is 0.774. The minimum absolute atomic E-state index is 0.258. The van der Waals surface area contributed by atoms with Crippen LogP contribution in [0.4, 0.5) is 0 Å². The SMILES string of the molecule is COc1cc([C@@H]2CNC(=O)[C@H]2C(=O)O)cc(OC)c1OC. The van der Waals surface area contributed by atoms with E-state index in [4.69, 9.17) is 14.2 Å². The summed E-state index contributed by atoms with van der Waals surface area (Å²) in [6, 6.07) is 3.34. The second-order valence-electron chi connectivity index (χ2n) is 4.63. The van der Waals surface area contributed by atoms with Gasteiger partial charge in [-0.15, -0.1) is 0 Å². The third kappa shape index (κ3) is 2.58. The fourth-order valence-electron chi connectivity index (χ4n) is 2.53. The summed E-state index contributed by atoms with van der Waals surface area (Å²) in [4.78, 5) is 22.9. The van der Waals surface area contributed by atoms with Gasteiger partial charge in [0.2, 0.25) is 11.7 Å². The number of nitrogens with one attached hydrogen (secondary N) is 1. The lowest BCUT2D eigenvalue weighted by atomic mass is 9.88. The minimum Gasteiger partial charge on any atom is -0.493 e. The number of carboxylic acid groups (broad SMARTS) is 1. The number of amides is 1.